The summed E-state index contributed by atoms with van der Waals surface area (Å²) < 4.78 is 4.58. The van der Waals surface area contributed by atoms with Gasteiger partial charge in [-0.3, -0.25) is 5.32 Å². The molecule has 0 bridgehead atoms. The molecular formula is C19H26N4O2S. The number of hydrogen-bond acceptors (Lipinski definition) is 4. The molecule has 0 saturated carbocycles. The summed E-state index contributed by atoms with van der Waals surface area (Å²) >= 11 is 1.78. The molecule has 1 amide bonds. The smallest absolute Gasteiger partial charge is 0.411 e. The Labute approximate surface area is 158 Å². The highest BCUT2D eigenvalue weighted by molar-refractivity contribution is 7.09. The van der Waals surface area contributed by atoms with Crippen molar-refractivity contribution in [3.05, 3.63) is 52.2 Å². The van der Waals surface area contributed by atoms with Gasteiger partial charge >= 0.3 is 6.09 Å². The van der Waals surface area contributed by atoms with Gasteiger partial charge in [-0.1, -0.05) is 18.2 Å². The van der Waals surface area contributed by atoms with E-state index in [1.54, 1.807) is 11.3 Å². The Hall–Kier alpha value is -2.54. The zero-order valence-electron chi connectivity index (χ0n) is 15.5. The van der Waals surface area contributed by atoms with E-state index >= 15 is 0 Å². The molecule has 0 atom stereocenters. The van der Waals surface area contributed by atoms with Crippen molar-refractivity contribution in [2.24, 2.45) is 4.99 Å². The predicted molar refractivity (Wildman–Crippen MR) is 108 cm³/mol. The van der Waals surface area contributed by atoms with Crippen molar-refractivity contribution in [2.75, 3.05) is 32.6 Å². The lowest BCUT2D eigenvalue weighted by Crippen LogP contribution is -2.39. The standard InChI is InChI=1S/C19H26N4O2S/c1-4-20-18(23(2)12-11-17-6-5-13-26-17)21-14-15-7-9-16(10-8-15)22-19(24)25-3/h5-10,13H,4,11-12,14H2,1-3H3,(H,20,21)(H,22,24). The van der Waals surface area contributed by atoms with Crippen LogP contribution in [0.25, 0.3) is 0 Å². The van der Waals surface area contributed by atoms with Crippen LogP contribution in [0.1, 0.15) is 17.4 Å². The van der Waals surface area contributed by atoms with E-state index in [-0.39, 0.29) is 0 Å². The van der Waals surface area contributed by atoms with Crippen LogP contribution in [0.5, 0.6) is 0 Å². The third kappa shape index (κ3) is 6.40. The Balaban J connectivity index is 1.93. The van der Waals surface area contributed by atoms with Crippen molar-refractivity contribution < 1.29 is 9.53 Å². The maximum absolute atomic E-state index is 11.2. The number of ether oxygens (including phenoxy) is 1. The van der Waals surface area contributed by atoms with E-state index in [4.69, 9.17) is 4.99 Å². The summed E-state index contributed by atoms with van der Waals surface area (Å²) in [5.41, 5.74) is 1.77. The highest BCUT2D eigenvalue weighted by Crippen LogP contribution is 2.12. The second-order valence-corrected chi connectivity index (χ2v) is 6.77. The molecule has 0 aliphatic carbocycles. The molecule has 1 aromatic carbocycles. The van der Waals surface area contributed by atoms with Gasteiger partial charge in [0.1, 0.15) is 0 Å². The fraction of sp³-hybridized carbons (Fsp3) is 0.368. The van der Waals surface area contributed by atoms with Crippen molar-refractivity contribution in [1.82, 2.24) is 10.2 Å². The molecular weight excluding hydrogens is 348 g/mol. The molecule has 0 fully saturated rings. The van der Waals surface area contributed by atoms with Gasteiger partial charge in [0.2, 0.25) is 0 Å². The first kappa shape index (κ1) is 19.8. The maximum atomic E-state index is 11.2. The summed E-state index contributed by atoms with van der Waals surface area (Å²) in [6.07, 6.45) is 0.532. The number of rotatable bonds is 7. The molecule has 1 aromatic heterocycles. The lowest BCUT2D eigenvalue weighted by Gasteiger charge is -2.21. The average Bonchev–Trinajstić information content (AvgIpc) is 3.18. The van der Waals surface area contributed by atoms with Crippen LogP contribution in [-0.4, -0.2) is 44.2 Å². The first-order chi connectivity index (χ1) is 12.6. The number of nitrogens with zero attached hydrogens (tertiary/aromatic N) is 2. The van der Waals surface area contributed by atoms with E-state index in [0.717, 1.165) is 31.0 Å². The average molecular weight is 375 g/mol. The van der Waals surface area contributed by atoms with Crippen LogP contribution in [0.15, 0.2) is 46.8 Å². The number of nitrogens with one attached hydrogen (secondary N) is 2. The highest BCUT2D eigenvalue weighted by Gasteiger charge is 2.06. The number of guanidine groups is 1. The van der Waals surface area contributed by atoms with E-state index in [2.05, 4.69) is 51.8 Å². The van der Waals surface area contributed by atoms with E-state index in [0.29, 0.717) is 12.2 Å². The van der Waals surface area contributed by atoms with Crippen molar-refractivity contribution in [2.45, 2.75) is 19.9 Å². The summed E-state index contributed by atoms with van der Waals surface area (Å²) in [5.74, 6) is 0.890. The van der Waals surface area contributed by atoms with Gasteiger partial charge in [-0.15, -0.1) is 11.3 Å². The van der Waals surface area contributed by atoms with Crippen molar-refractivity contribution in [3.8, 4) is 0 Å². The molecule has 0 radical (unpaired) electrons. The van der Waals surface area contributed by atoms with Gasteiger partial charge in [-0.25, -0.2) is 9.79 Å². The molecule has 26 heavy (non-hydrogen) atoms. The zero-order chi connectivity index (χ0) is 18.8. The molecule has 7 heteroatoms. The Morgan fingerprint density at radius 1 is 1.27 bits per heavy atom. The van der Waals surface area contributed by atoms with E-state index in [9.17, 15) is 4.79 Å². The fourth-order valence-corrected chi connectivity index (χ4v) is 3.04. The summed E-state index contributed by atoms with van der Waals surface area (Å²) in [4.78, 5) is 19.4. The minimum absolute atomic E-state index is 0.474. The van der Waals surface area contributed by atoms with Gasteiger partial charge < -0.3 is 15.0 Å². The number of carbonyl (C=O) groups excluding carboxylic acids is 1. The van der Waals surface area contributed by atoms with Crippen LogP contribution in [0.3, 0.4) is 0 Å². The highest BCUT2D eigenvalue weighted by atomic mass is 32.1. The lowest BCUT2D eigenvalue weighted by atomic mass is 10.2. The topological polar surface area (TPSA) is 66.0 Å². The Kier molecular flexibility index (Phi) is 7.95. The lowest BCUT2D eigenvalue weighted by molar-refractivity contribution is 0.187. The summed E-state index contributed by atoms with van der Waals surface area (Å²) in [6.45, 7) is 4.37. The second kappa shape index (κ2) is 10.5. The number of carbonyl (C=O) groups is 1. The molecule has 0 aliphatic rings. The number of methoxy groups -OCH3 is 1. The summed E-state index contributed by atoms with van der Waals surface area (Å²) in [7, 11) is 3.40. The molecule has 0 unspecified atom stereocenters. The molecule has 0 aliphatic heterocycles. The van der Waals surface area contributed by atoms with Gasteiger partial charge in [-0.05, 0) is 42.5 Å². The molecule has 0 saturated heterocycles. The van der Waals surface area contributed by atoms with Crippen molar-refractivity contribution in [1.29, 1.82) is 0 Å². The van der Waals surface area contributed by atoms with Crippen LogP contribution >= 0.6 is 11.3 Å². The number of thiophene rings is 1. The van der Waals surface area contributed by atoms with Gasteiger partial charge in [-0.2, -0.15) is 0 Å². The number of hydrogen-bond donors (Lipinski definition) is 2. The molecule has 2 N–H and O–H groups in total. The minimum Gasteiger partial charge on any atom is -0.453 e. The third-order valence-corrected chi connectivity index (χ3v) is 4.70. The SMILES string of the molecule is CCNC(=NCc1ccc(NC(=O)OC)cc1)N(C)CCc1cccs1. The summed E-state index contributed by atoms with van der Waals surface area (Å²) in [5, 5.41) is 8.07. The van der Waals surface area contributed by atoms with Crippen molar-refractivity contribution in [3.63, 3.8) is 0 Å². The van der Waals surface area contributed by atoms with Gasteiger partial charge in [0.25, 0.3) is 0 Å². The molecule has 2 aromatic rings. The monoisotopic (exact) mass is 374 g/mol. The van der Waals surface area contributed by atoms with E-state index in [1.165, 1.54) is 12.0 Å². The van der Waals surface area contributed by atoms with Crippen LogP contribution in [0, 0.1) is 0 Å². The normalized spacial score (nSPS) is 11.1. The summed E-state index contributed by atoms with van der Waals surface area (Å²) in [6, 6.07) is 11.8. The first-order valence-corrected chi connectivity index (χ1v) is 9.46. The van der Waals surface area contributed by atoms with Gasteiger partial charge in [0, 0.05) is 30.7 Å². The number of likely N-dealkylation sites (N-methyl/N-ethyl adjacent to an activating group) is 1. The van der Waals surface area contributed by atoms with E-state index in [1.807, 2.05) is 24.3 Å². The van der Waals surface area contributed by atoms with Gasteiger partial charge in [0.05, 0.1) is 13.7 Å². The Morgan fingerprint density at radius 2 is 2.04 bits per heavy atom. The second-order valence-electron chi connectivity index (χ2n) is 5.73. The first-order valence-electron chi connectivity index (χ1n) is 8.58. The maximum Gasteiger partial charge on any atom is 0.411 e. The number of amides is 1. The molecule has 140 valence electrons. The van der Waals surface area contributed by atoms with Crippen LogP contribution in [-0.2, 0) is 17.7 Å². The van der Waals surface area contributed by atoms with Crippen LogP contribution < -0.4 is 10.6 Å². The fourth-order valence-electron chi connectivity index (χ4n) is 2.34. The Bertz CT molecular complexity index is 699. The quantitative estimate of drug-likeness (QED) is 0.574. The van der Waals surface area contributed by atoms with E-state index < -0.39 is 6.09 Å². The number of benzene rings is 1. The third-order valence-electron chi connectivity index (χ3n) is 3.77. The van der Waals surface area contributed by atoms with Crippen molar-refractivity contribution >= 4 is 29.1 Å². The molecule has 2 rings (SSSR count). The Morgan fingerprint density at radius 3 is 2.65 bits per heavy atom. The largest absolute Gasteiger partial charge is 0.453 e. The molecule has 1 heterocycles. The predicted octanol–water partition coefficient (Wildman–Crippen LogP) is 3.57. The zero-order valence-corrected chi connectivity index (χ0v) is 16.3. The molecule has 6 nitrogen and oxygen atoms in total. The van der Waals surface area contributed by atoms with Crippen LogP contribution in [0.4, 0.5) is 10.5 Å². The van der Waals surface area contributed by atoms with Crippen LogP contribution in [0.2, 0.25) is 0 Å². The number of aliphatic imine (C=N–C) groups is 1. The molecule has 0 spiro atoms. The number of anilines is 1. The van der Waals surface area contributed by atoms with Gasteiger partial charge in [0.15, 0.2) is 5.96 Å². The minimum atomic E-state index is -0.474.